The van der Waals surface area contributed by atoms with Gasteiger partial charge in [0.1, 0.15) is 12.1 Å². The zero-order valence-corrected chi connectivity index (χ0v) is 10.4. The average molecular weight is 234 g/mol. The Bertz CT molecular complexity index is 466. The molecule has 0 N–H and O–H groups in total. The normalized spacial score (nSPS) is 9.19. The highest BCUT2D eigenvalue weighted by molar-refractivity contribution is 7.13. The van der Waals surface area contributed by atoms with E-state index in [0.717, 1.165) is 17.8 Å². The fraction of sp³-hybridized carbons (Fsp3) is 0.250. The summed E-state index contributed by atoms with van der Waals surface area (Å²) in [5, 5.41) is 2.13. The lowest BCUT2D eigenvalue weighted by molar-refractivity contribution is -0.106. The van der Waals surface area contributed by atoms with Crippen LogP contribution in [0.3, 0.4) is 0 Å². The van der Waals surface area contributed by atoms with Gasteiger partial charge in [-0.25, -0.2) is 9.97 Å². The van der Waals surface area contributed by atoms with Crippen LogP contribution >= 0.6 is 11.3 Å². The molecule has 0 aliphatic heterocycles. The number of aryl methyl sites for hydroxylation is 2. The van der Waals surface area contributed by atoms with Crippen molar-refractivity contribution >= 4 is 17.6 Å². The van der Waals surface area contributed by atoms with Gasteiger partial charge in [-0.2, -0.15) is 0 Å². The first kappa shape index (κ1) is 12.5. The molecule has 84 valence electrons. The summed E-state index contributed by atoms with van der Waals surface area (Å²) in [5.41, 5.74) is 2.31. The number of nitrogens with zero attached hydrogens (tertiary/aromatic N) is 2. The number of hydrogen-bond donors (Lipinski definition) is 0. The van der Waals surface area contributed by atoms with Crippen molar-refractivity contribution in [1.29, 1.82) is 0 Å². The quantitative estimate of drug-likeness (QED) is 0.712. The van der Waals surface area contributed by atoms with Crippen molar-refractivity contribution in [2.24, 2.45) is 0 Å². The van der Waals surface area contributed by atoms with Crippen molar-refractivity contribution in [1.82, 2.24) is 9.97 Å². The molecule has 0 spiro atoms. The van der Waals surface area contributed by atoms with Gasteiger partial charge in [-0.05, 0) is 43.8 Å². The van der Waals surface area contributed by atoms with Gasteiger partial charge in [0, 0.05) is 6.20 Å². The first-order valence-corrected chi connectivity index (χ1v) is 5.80. The molecule has 0 saturated carbocycles. The summed E-state index contributed by atoms with van der Waals surface area (Å²) >= 11 is 1.72. The van der Waals surface area contributed by atoms with Crippen LogP contribution in [0.5, 0.6) is 0 Å². The third kappa shape index (κ3) is 3.55. The van der Waals surface area contributed by atoms with Crippen molar-refractivity contribution in [3.63, 3.8) is 0 Å². The molecule has 2 rings (SSSR count). The molecule has 2 heterocycles. The predicted molar refractivity (Wildman–Crippen MR) is 66.6 cm³/mol. The Labute approximate surface area is 99.2 Å². The summed E-state index contributed by atoms with van der Waals surface area (Å²) in [7, 11) is 0. The molecule has 0 aromatic carbocycles. The number of aromatic nitrogens is 2. The highest BCUT2D eigenvalue weighted by atomic mass is 32.1. The highest BCUT2D eigenvalue weighted by Crippen LogP contribution is 2.24. The summed E-state index contributed by atoms with van der Waals surface area (Å²) in [5.74, 6) is 0.823. The second-order valence-electron chi connectivity index (χ2n) is 3.21. The van der Waals surface area contributed by atoms with Gasteiger partial charge in [0.2, 0.25) is 0 Å². The Morgan fingerprint density at radius 2 is 2.06 bits per heavy atom. The van der Waals surface area contributed by atoms with E-state index in [9.17, 15) is 0 Å². The molecule has 0 aliphatic rings. The lowest BCUT2D eigenvalue weighted by atomic mass is 10.3. The average Bonchev–Trinajstić information content (AvgIpc) is 2.66. The maximum absolute atomic E-state index is 8.81. The fourth-order valence-corrected chi connectivity index (χ4v) is 2.03. The summed E-state index contributed by atoms with van der Waals surface area (Å²) in [6.45, 7) is 5.44. The zero-order valence-electron chi connectivity index (χ0n) is 9.60. The second kappa shape index (κ2) is 6.12. The van der Waals surface area contributed by atoms with Gasteiger partial charge < -0.3 is 4.79 Å². The Kier molecular flexibility index (Phi) is 4.79. The van der Waals surface area contributed by atoms with Gasteiger partial charge >= 0.3 is 0 Å². The van der Waals surface area contributed by atoms with Crippen molar-refractivity contribution < 1.29 is 4.79 Å². The van der Waals surface area contributed by atoms with E-state index in [-0.39, 0.29) is 0 Å². The van der Waals surface area contributed by atoms with Gasteiger partial charge in [0.25, 0.3) is 0 Å². The molecule has 2 aromatic rings. The predicted octanol–water partition coefficient (Wildman–Crippen LogP) is 3.03. The SMILES string of the molecule is CC=O.Cc1csc(-c2ccnc(C)n2)c1. The molecular formula is C12H14N2OS. The van der Waals surface area contributed by atoms with Gasteiger partial charge in [-0.3, -0.25) is 0 Å². The van der Waals surface area contributed by atoms with E-state index >= 15 is 0 Å². The van der Waals surface area contributed by atoms with E-state index in [0.29, 0.717) is 0 Å². The first-order valence-electron chi connectivity index (χ1n) is 4.92. The number of aldehydes is 1. The minimum absolute atomic E-state index is 0.750. The minimum Gasteiger partial charge on any atom is -0.304 e. The van der Waals surface area contributed by atoms with E-state index in [1.165, 1.54) is 17.4 Å². The molecule has 0 amide bonds. The van der Waals surface area contributed by atoms with Crippen LogP contribution in [0.4, 0.5) is 0 Å². The molecule has 0 radical (unpaired) electrons. The third-order valence-electron chi connectivity index (χ3n) is 1.76. The van der Waals surface area contributed by atoms with Crippen molar-refractivity contribution in [3.8, 4) is 10.6 Å². The van der Waals surface area contributed by atoms with Crippen LogP contribution in [0.25, 0.3) is 10.6 Å². The smallest absolute Gasteiger partial charge is 0.125 e. The van der Waals surface area contributed by atoms with Crippen LogP contribution in [0, 0.1) is 13.8 Å². The monoisotopic (exact) mass is 234 g/mol. The molecule has 0 saturated heterocycles. The van der Waals surface area contributed by atoms with Crippen LogP contribution in [0.2, 0.25) is 0 Å². The van der Waals surface area contributed by atoms with E-state index in [1.807, 2.05) is 13.0 Å². The Hall–Kier alpha value is -1.55. The van der Waals surface area contributed by atoms with Crippen LogP contribution in [-0.2, 0) is 4.79 Å². The number of rotatable bonds is 1. The third-order valence-corrected chi connectivity index (χ3v) is 2.83. The van der Waals surface area contributed by atoms with E-state index < -0.39 is 0 Å². The highest BCUT2D eigenvalue weighted by Gasteiger charge is 2.01. The van der Waals surface area contributed by atoms with Gasteiger partial charge in [0.15, 0.2) is 0 Å². The zero-order chi connectivity index (χ0) is 12.0. The van der Waals surface area contributed by atoms with E-state index in [1.54, 1.807) is 17.5 Å². The Morgan fingerprint density at radius 1 is 1.38 bits per heavy atom. The Balaban J connectivity index is 0.000000386. The number of carbonyl (C=O) groups is 1. The molecule has 0 atom stereocenters. The maximum atomic E-state index is 8.81. The molecule has 3 nitrogen and oxygen atoms in total. The van der Waals surface area contributed by atoms with Crippen LogP contribution < -0.4 is 0 Å². The Morgan fingerprint density at radius 3 is 2.56 bits per heavy atom. The molecule has 16 heavy (non-hydrogen) atoms. The van der Waals surface area contributed by atoms with Crippen molar-refractivity contribution in [2.45, 2.75) is 20.8 Å². The van der Waals surface area contributed by atoms with Crippen LogP contribution in [-0.4, -0.2) is 16.3 Å². The maximum Gasteiger partial charge on any atom is 0.125 e. The minimum atomic E-state index is 0.750. The lowest BCUT2D eigenvalue weighted by Crippen LogP contribution is -1.87. The summed E-state index contributed by atoms with van der Waals surface area (Å²) < 4.78 is 0. The lowest BCUT2D eigenvalue weighted by Gasteiger charge is -1.96. The summed E-state index contributed by atoms with van der Waals surface area (Å²) in [6.07, 6.45) is 2.55. The molecule has 0 bridgehead atoms. The van der Waals surface area contributed by atoms with Crippen molar-refractivity contribution in [2.75, 3.05) is 0 Å². The van der Waals surface area contributed by atoms with Gasteiger partial charge in [-0.15, -0.1) is 11.3 Å². The number of carbonyl (C=O) groups excluding carboxylic acids is 1. The number of thiophene rings is 1. The molecule has 0 fully saturated rings. The standard InChI is InChI=1S/C10H10N2S.C2H4O/c1-7-5-10(13-6-7)9-3-4-11-8(2)12-9;1-2-3/h3-6H,1-2H3;2H,1H3. The van der Waals surface area contributed by atoms with Gasteiger partial charge in [0.05, 0.1) is 10.6 Å². The summed E-state index contributed by atoms with van der Waals surface area (Å²) in [4.78, 5) is 18.4. The fourth-order valence-electron chi connectivity index (χ4n) is 1.16. The molecular weight excluding hydrogens is 220 g/mol. The second-order valence-corrected chi connectivity index (χ2v) is 4.12. The first-order chi connectivity index (χ1) is 7.67. The van der Waals surface area contributed by atoms with Crippen LogP contribution in [0.1, 0.15) is 18.3 Å². The molecule has 0 unspecified atom stereocenters. The summed E-state index contributed by atoms with van der Waals surface area (Å²) in [6, 6.07) is 4.09. The van der Waals surface area contributed by atoms with Gasteiger partial charge in [-0.1, -0.05) is 0 Å². The molecule has 0 aliphatic carbocycles. The molecule has 4 heteroatoms. The van der Waals surface area contributed by atoms with Crippen molar-refractivity contribution in [3.05, 3.63) is 35.1 Å². The van der Waals surface area contributed by atoms with Crippen LogP contribution in [0.15, 0.2) is 23.7 Å². The topological polar surface area (TPSA) is 42.9 Å². The number of hydrogen-bond acceptors (Lipinski definition) is 4. The van der Waals surface area contributed by atoms with E-state index in [2.05, 4.69) is 28.3 Å². The van der Waals surface area contributed by atoms with E-state index in [4.69, 9.17) is 4.79 Å². The molecule has 2 aromatic heterocycles. The largest absolute Gasteiger partial charge is 0.304 e.